The Morgan fingerprint density at radius 1 is 1.00 bits per heavy atom. The predicted octanol–water partition coefficient (Wildman–Crippen LogP) is 3.29. The van der Waals surface area contributed by atoms with Crippen molar-refractivity contribution in [3.8, 4) is 5.75 Å². The highest BCUT2D eigenvalue weighted by molar-refractivity contribution is 7.56. The lowest BCUT2D eigenvalue weighted by atomic mass is 10.2. The molecule has 1 unspecified atom stereocenters. The van der Waals surface area contributed by atoms with Crippen molar-refractivity contribution < 1.29 is 9.47 Å². The maximum atomic E-state index is 5.80. The van der Waals surface area contributed by atoms with E-state index in [1.807, 2.05) is 36.8 Å². The van der Waals surface area contributed by atoms with Crippen LogP contribution >= 0.6 is 8.58 Å². The number of para-hydroxylation sites is 1. The lowest BCUT2D eigenvalue weighted by Crippen LogP contribution is -2.13. The maximum absolute atomic E-state index is 5.80. The molecule has 25 heavy (non-hydrogen) atoms. The van der Waals surface area contributed by atoms with Crippen molar-refractivity contribution in [2.75, 3.05) is 13.9 Å². The van der Waals surface area contributed by atoms with Gasteiger partial charge in [-0.15, -0.1) is 0 Å². The first-order valence-electron chi connectivity index (χ1n) is 8.02. The Balaban J connectivity index is 1.88. The average Bonchev–Trinajstić information content (AvgIpc) is 3.14. The van der Waals surface area contributed by atoms with Crippen LogP contribution in [0.25, 0.3) is 0 Å². The molecule has 0 fully saturated rings. The molecule has 0 spiro atoms. The molecule has 4 nitrogen and oxygen atoms in total. The van der Waals surface area contributed by atoms with Gasteiger partial charge in [-0.2, -0.15) is 5.10 Å². The van der Waals surface area contributed by atoms with Gasteiger partial charge in [0.05, 0.1) is 6.21 Å². The molecular weight excluding hydrogens is 331 g/mol. The summed E-state index contributed by atoms with van der Waals surface area (Å²) in [6.07, 6.45) is 5.73. The van der Waals surface area contributed by atoms with E-state index in [9.17, 15) is 0 Å². The summed E-state index contributed by atoms with van der Waals surface area (Å²) in [5.41, 5.74) is 2.22. The maximum Gasteiger partial charge on any atom is 0.188 e. The van der Waals surface area contributed by atoms with Gasteiger partial charge in [-0.25, -0.2) is 4.68 Å². The van der Waals surface area contributed by atoms with Crippen molar-refractivity contribution in [3.05, 3.63) is 78.1 Å². The number of benzene rings is 2. The Kier molecular flexibility index (Phi) is 5.99. The minimum atomic E-state index is 0.249. The summed E-state index contributed by atoms with van der Waals surface area (Å²) >= 11 is 0. The van der Waals surface area contributed by atoms with E-state index in [1.54, 1.807) is 11.8 Å². The largest absolute Gasteiger partial charge is 0.467 e. The molecule has 2 aromatic carbocycles. The van der Waals surface area contributed by atoms with E-state index < -0.39 is 0 Å². The average molecular weight is 352 g/mol. The predicted molar refractivity (Wildman–Crippen MR) is 105 cm³/mol. The van der Waals surface area contributed by atoms with Gasteiger partial charge in [0.25, 0.3) is 0 Å². The summed E-state index contributed by atoms with van der Waals surface area (Å²) in [5.74, 6) is 0.903. The van der Waals surface area contributed by atoms with Crippen molar-refractivity contribution in [1.82, 2.24) is 4.68 Å². The number of aromatic nitrogens is 1. The summed E-state index contributed by atoms with van der Waals surface area (Å²) in [6, 6.07) is 18.4. The number of nitrogens with zero attached hydrogens (tertiary/aromatic N) is 2. The van der Waals surface area contributed by atoms with Crippen LogP contribution < -0.4 is 15.3 Å². The highest BCUT2D eigenvalue weighted by Gasteiger charge is 2.09. The number of ether oxygens (including phenoxy) is 2. The van der Waals surface area contributed by atoms with E-state index in [0.29, 0.717) is 8.58 Å². The molecule has 0 amide bonds. The van der Waals surface area contributed by atoms with E-state index in [2.05, 4.69) is 48.4 Å². The zero-order chi connectivity index (χ0) is 17.5. The summed E-state index contributed by atoms with van der Waals surface area (Å²) in [5, 5.41) is 6.87. The highest BCUT2D eigenvalue weighted by Crippen LogP contribution is 2.24. The van der Waals surface area contributed by atoms with E-state index in [-0.39, 0.29) is 6.79 Å². The molecule has 3 aromatic rings. The third-order valence-electron chi connectivity index (χ3n) is 3.68. The second-order valence-corrected chi connectivity index (χ2v) is 6.85. The van der Waals surface area contributed by atoms with Crippen molar-refractivity contribution in [2.24, 2.45) is 5.10 Å². The third kappa shape index (κ3) is 4.56. The van der Waals surface area contributed by atoms with Crippen LogP contribution in [0.4, 0.5) is 0 Å². The van der Waals surface area contributed by atoms with Gasteiger partial charge < -0.3 is 9.47 Å². The Labute approximate surface area is 149 Å². The quantitative estimate of drug-likeness (QED) is 0.372. The summed E-state index contributed by atoms with van der Waals surface area (Å²) < 4.78 is 12.7. The van der Waals surface area contributed by atoms with Gasteiger partial charge in [-0.1, -0.05) is 51.0 Å². The minimum absolute atomic E-state index is 0.249. The smallest absolute Gasteiger partial charge is 0.188 e. The van der Waals surface area contributed by atoms with Crippen LogP contribution in [0, 0.1) is 6.92 Å². The van der Waals surface area contributed by atoms with Crippen LogP contribution in [0.1, 0.15) is 11.1 Å². The summed E-state index contributed by atoms with van der Waals surface area (Å²) in [7, 11) is 2.11. The Hall–Kier alpha value is -2.42. The van der Waals surface area contributed by atoms with Gasteiger partial charge in [-0.3, -0.25) is 0 Å². The molecule has 0 saturated heterocycles. The second-order valence-electron chi connectivity index (χ2n) is 5.52. The van der Waals surface area contributed by atoms with Gasteiger partial charge in [0.2, 0.25) is 0 Å². The van der Waals surface area contributed by atoms with Crippen molar-refractivity contribution in [1.29, 1.82) is 0 Å². The fourth-order valence-electron chi connectivity index (χ4n) is 2.46. The van der Waals surface area contributed by atoms with E-state index in [1.165, 1.54) is 10.6 Å². The van der Waals surface area contributed by atoms with Crippen LogP contribution in [0.15, 0.2) is 72.1 Å². The minimum Gasteiger partial charge on any atom is -0.467 e. The van der Waals surface area contributed by atoms with Crippen molar-refractivity contribution in [2.45, 2.75) is 6.92 Å². The molecule has 128 valence electrons. The van der Waals surface area contributed by atoms with Gasteiger partial charge in [0.15, 0.2) is 6.79 Å². The van der Waals surface area contributed by atoms with E-state index in [0.717, 1.165) is 16.9 Å². The number of hydrogen-bond acceptors (Lipinski definition) is 3. The van der Waals surface area contributed by atoms with Crippen LogP contribution in [0.5, 0.6) is 5.75 Å². The fourth-order valence-corrected chi connectivity index (χ4v) is 3.78. The first kappa shape index (κ1) is 17.4. The van der Waals surface area contributed by atoms with Gasteiger partial charge in [-0.05, 0) is 29.9 Å². The lowest BCUT2D eigenvalue weighted by molar-refractivity contribution is 0.0514. The van der Waals surface area contributed by atoms with Crippen molar-refractivity contribution >= 4 is 25.4 Å². The van der Waals surface area contributed by atoms with Crippen LogP contribution in [0.3, 0.4) is 0 Å². The first-order chi connectivity index (χ1) is 12.3. The Morgan fingerprint density at radius 2 is 1.76 bits per heavy atom. The normalized spacial score (nSPS) is 11.6. The SMILES string of the molecule is COCOc1c(C)cccc1Pc1ccccc1/C=N/n1cccc1. The fraction of sp³-hybridized carbons (Fsp3) is 0.150. The zero-order valence-electron chi connectivity index (χ0n) is 14.3. The third-order valence-corrected chi connectivity index (χ3v) is 5.07. The first-order valence-corrected chi connectivity index (χ1v) is 9.02. The van der Waals surface area contributed by atoms with Crippen LogP contribution in [-0.2, 0) is 4.74 Å². The molecule has 0 aliphatic rings. The molecule has 0 aliphatic heterocycles. The molecule has 1 atom stereocenters. The van der Waals surface area contributed by atoms with Crippen LogP contribution in [0.2, 0.25) is 0 Å². The molecular formula is C20H21N2O2P. The Bertz CT molecular complexity index is 845. The number of aryl methyl sites for hydroxylation is 1. The number of rotatable bonds is 7. The molecule has 1 heterocycles. The van der Waals surface area contributed by atoms with Crippen LogP contribution in [-0.4, -0.2) is 24.8 Å². The molecule has 3 rings (SSSR count). The zero-order valence-corrected chi connectivity index (χ0v) is 15.3. The Morgan fingerprint density at radius 3 is 2.56 bits per heavy atom. The summed E-state index contributed by atoms with van der Waals surface area (Å²) in [4.78, 5) is 0. The van der Waals surface area contributed by atoms with Gasteiger partial charge >= 0.3 is 0 Å². The second kappa shape index (κ2) is 8.61. The molecule has 0 radical (unpaired) electrons. The lowest BCUT2D eigenvalue weighted by Gasteiger charge is -2.14. The van der Waals surface area contributed by atoms with Crippen molar-refractivity contribution in [3.63, 3.8) is 0 Å². The van der Waals surface area contributed by atoms with Gasteiger partial charge in [0, 0.05) is 30.4 Å². The summed E-state index contributed by atoms with van der Waals surface area (Å²) in [6.45, 7) is 2.30. The molecule has 5 heteroatoms. The standard InChI is InChI=1S/C20H21N2O2P/c1-16-8-7-11-19(20(16)24-15-23-2)25-18-10-4-3-9-17(18)14-21-22-12-5-6-13-22/h3-14,25H,15H2,1-2H3/b21-14+. The van der Waals surface area contributed by atoms with E-state index in [4.69, 9.17) is 9.47 Å². The molecule has 0 bridgehead atoms. The monoisotopic (exact) mass is 352 g/mol. The number of methoxy groups -OCH3 is 1. The molecule has 0 N–H and O–H groups in total. The highest BCUT2D eigenvalue weighted by atomic mass is 31.1. The van der Waals surface area contributed by atoms with Gasteiger partial charge in [0.1, 0.15) is 5.75 Å². The molecule has 0 saturated carbocycles. The number of hydrogen-bond donors (Lipinski definition) is 0. The van der Waals surface area contributed by atoms with E-state index >= 15 is 0 Å². The molecule has 1 aromatic heterocycles. The topological polar surface area (TPSA) is 35.8 Å². The molecule has 0 aliphatic carbocycles.